The average molecular weight is 292 g/mol. The molecule has 112 valence electrons. The first kappa shape index (κ1) is 15.1. The third-order valence-corrected chi connectivity index (χ3v) is 3.31. The van der Waals surface area contributed by atoms with Crippen molar-refractivity contribution in [3.05, 3.63) is 57.7 Å². The van der Waals surface area contributed by atoms with E-state index in [2.05, 4.69) is 17.3 Å². The quantitative estimate of drug-likeness (QED) is 0.656. The summed E-state index contributed by atoms with van der Waals surface area (Å²) in [5, 5.41) is 18.1. The van der Waals surface area contributed by atoms with Gasteiger partial charge in [0.15, 0.2) is 0 Å². The molecular formula is C14H17FN4O2. The van der Waals surface area contributed by atoms with Crippen molar-refractivity contribution in [3.63, 3.8) is 0 Å². The van der Waals surface area contributed by atoms with Crippen LogP contribution in [0.1, 0.15) is 30.5 Å². The van der Waals surface area contributed by atoms with E-state index in [4.69, 9.17) is 0 Å². The van der Waals surface area contributed by atoms with Crippen molar-refractivity contribution in [2.24, 2.45) is 0 Å². The summed E-state index contributed by atoms with van der Waals surface area (Å²) in [6.45, 7) is 2.35. The van der Waals surface area contributed by atoms with Gasteiger partial charge in [-0.3, -0.25) is 14.8 Å². The Labute approximate surface area is 121 Å². The maximum Gasteiger partial charge on any atom is 0.272 e. The van der Waals surface area contributed by atoms with Gasteiger partial charge in [0.25, 0.3) is 5.69 Å². The number of non-ortho nitro benzene ring substituents is 1. The molecule has 0 saturated heterocycles. The first-order valence-corrected chi connectivity index (χ1v) is 6.67. The molecule has 0 aliphatic heterocycles. The molecule has 0 saturated carbocycles. The molecule has 1 heterocycles. The van der Waals surface area contributed by atoms with Crippen LogP contribution in [0, 0.1) is 15.9 Å². The molecule has 1 unspecified atom stereocenters. The van der Waals surface area contributed by atoms with Crippen LogP contribution in [0.2, 0.25) is 0 Å². The summed E-state index contributed by atoms with van der Waals surface area (Å²) >= 11 is 0. The summed E-state index contributed by atoms with van der Waals surface area (Å²) in [5.41, 5.74) is 1.29. The molecule has 0 spiro atoms. The largest absolute Gasteiger partial charge is 0.313 e. The number of nitro groups is 1. The Morgan fingerprint density at radius 2 is 2.24 bits per heavy atom. The van der Waals surface area contributed by atoms with E-state index in [0.717, 1.165) is 18.1 Å². The highest BCUT2D eigenvalue weighted by Gasteiger charge is 2.12. The lowest BCUT2D eigenvalue weighted by molar-refractivity contribution is -0.385. The fraction of sp³-hybridized carbons (Fsp3) is 0.357. The van der Waals surface area contributed by atoms with E-state index in [1.807, 2.05) is 13.2 Å². The zero-order valence-electron chi connectivity index (χ0n) is 11.9. The summed E-state index contributed by atoms with van der Waals surface area (Å²) in [6.07, 6.45) is 4.54. The van der Waals surface area contributed by atoms with Gasteiger partial charge in [-0.2, -0.15) is 5.10 Å². The number of benzene rings is 1. The van der Waals surface area contributed by atoms with Gasteiger partial charge in [-0.1, -0.05) is 6.92 Å². The van der Waals surface area contributed by atoms with E-state index in [-0.39, 0.29) is 11.7 Å². The summed E-state index contributed by atoms with van der Waals surface area (Å²) < 4.78 is 15.0. The molecule has 0 fully saturated rings. The van der Waals surface area contributed by atoms with Crippen LogP contribution in [0.4, 0.5) is 10.1 Å². The molecule has 0 aliphatic rings. The van der Waals surface area contributed by atoms with Crippen molar-refractivity contribution >= 4 is 5.69 Å². The SMILES string of the molecule is CCC(NC)c1cnn(Cc2cc(F)cc([N+](=O)[O-])c2)c1. The Hall–Kier alpha value is -2.28. The van der Waals surface area contributed by atoms with Crippen molar-refractivity contribution in [3.8, 4) is 0 Å². The van der Waals surface area contributed by atoms with Gasteiger partial charge in [0.2, 0.25) is 0 Å². The molecular weight excluding hydrogens is 275 g/mol. The number of halogens is 1. The average Bonchev–Trinajstić information content (AvgIpc) is 2.88. The van der Waals surface area contributed by atoms with E-state index in [0.29, 0.717) is 12.1 Å². The Morgan fingerprint density at radius 1 is 1.48 bits per heavy atom. The van der Waals surface area contributed by atoms with Gasteiger partial charge in [-0.05, 0) is 25.1 Å². The highest BCUT2D eigenvalue weighted by Crippen LogP contribution is 2.19. The zero-order chi connectivity index (χ0) is 15.4. The Morgan fingerprint density at radius 3 is 2.86 bits per heavy atom. The standard InChI is InChI=1S/C14H17FN4O2/c1-3-14(16-2)11-7-17-18(9-11)8-10-4-12(15)6-13(5-10)19(20)21/h4-7,9,14,16H,3,8H2,1-2H3. The number of hydrogen-bond acceptors (Lipinski definition) is 4. The highest BCUT2D eigenvalue weighted by atomic mass is 19.1. The number of hydrogen-bond donors (Lipinski definition) is 1. The van der Waals surface area contributed by atoms with Gasteiger partial charge in [-0.15, -0.1) is 0 Å². The molecule has 2 rings (SSSR count). The van der Waals surface area contributed by atoms with Crippen LogP contribution in [0.15, 0.2) is 30.6 Å². The number of aromatic nitrogens is 2. The first-order valence-electron chi connectivity index (χ1n) is 6.67. The third-order valence-electron chi connectivity index (χ3n) is 3.31. The van der Waals surface area contributed by atoms with Crippen LogP contribution in [-0.4, -0.2) is 21.8 Å². The fourth-order valence-corrected chi connectivity index (χ4v) is 2.27. The van der Waals surface area contributed by atoms with E-state index in [1.165, 1.54) is 12.1 Å². The van der Waals surface area contributed by atoms with E-state index < -0.39 is 10.7 Å². The maximum atomic E-state index is 13.4. The summed E-state index contributed by atoms with van der Waals surface area (Å²) in [6, 6.07) is 3.76. The second kappa shape index (κ2) is 6.45. The van der Waals surface area contributed by atoms with E-state index in [1.54, 1.807) is 10.9 Å². The van der Waals surface area contributed by atoms with Gasteiger partial charge in [-0.25, -0.2) is 4.39 Å². The van der Waals surface area contributed by atoms with Crippen molar-refractivity contribution in [1.82, 2.24) is 15.1 Å². The normalized spacial score (nSPS) is 12.3. The molecule has 0 aliphatic carbocycles. The zero-order valence-corrected chi connectivity index (χ0v) is 11.9. The molecule has 1 aromatic heterocycles. The molecule has 1 aromatic carbocycles. The van der Waals surface area contributed by atoms with Crippen LogP contribution in [0.25, 0.3) is 0 Å². The van der Waals surface area contributed by atoms with Gasteiger partial charge in [0.1, 0.15) is 5.82 Å². The third kappa shape index (κ3) is 3.63. The van der Waals surface area contributed by atoms with E-state index in [9.17, 15) is 14.5 Å². The maximum absolute atomic E-state index is 13.4. The molecule has 0 radical (unpaired) electrons. The smallest absolute Gasteiger partial charge is 0.272 e. The lowest BCUT2D eigenvalue weighted by Gasteiger charge is -2.10. The fourth-order valence-electron chi connectivity index (χ4n) is 2.27. The Kier molecular flexibility index (Phi) is 4.64. The monoisotopic (exact) mass is 292 g/mol. The number of nitro benzene ring substituents is 1. The minimum atomic E-state index is -0.617. The van der Waals surface area contributed by atoms with Crippen molar-refractivity contribution in [2.75, 3.05) is 7.05 Å². The molecule has 1 N–H and O–H groups in total. The molecule has 1 atom stereocenters. The van der Waals surface area contributed by atoms with Gasteiger partial charge >= 0.3 is 0 Å². The van der Waals surface area contributed by atoms with E-state index >= 15 is 0 Å². The minimum absolute atomic E-state index is 0.209. The molecule has 6 nitrogen and oxygen atoms in total. The predicted octanol–water partition coefficient (Wildman–Crippen LogP) is 2.65. The van der Waals surface area contributed by atoms with Crippen molar-refractivity contribution in [2.45, 2.75) is 25.9 Å². The summed E-state index contributed by atoms with van der Waals surface area (Å²) in [5.74, 6) is -0.617. The van der Waals surface area contributed by atoms with Gasteiger partial charge < -0.3 is 5.32 Å². The van der Waals surface area contributed by atoms with Crippen LogP contribution < -0.4 is 5.32 Å². The number of rotatable bonds is 6. The highest BCUT2D eigenvalue weighted by molar-refractivity contribution is 5.35. The predicted molar refractivity (Wildman–Crippen MR) is 76.5 cm³/mol. The molecule has 21 heavy (non-hydrogen) atoms. The van der Waals surface area contributed by atoms with Gasteiger partial charge in [0.05, 0.1) is 23.7 Å². The van der Waals surface area contributed by atoms with Crippen molar-refractivity contribution < 1.29 is 9.31 Å². The summed E-state index contributed by atoms with van der Waals surface area (Å²) in [4.78, 5) is 10.1. The second-order valence-corrected chi connectivity index (χ2v) is 4.80. The molecule has 2 aromatic rings. The number of nitrogens with zero attached hydrogens (tertiary/aromatic N) is 3. The van der Waals surface area contributed by atoms with Crippen LogP contribution in [0.5, 0.6) is 0 Å². The second-order valence-electron chi connectivity index (χ2n) is 4.80. The van der Waals surface area contributed by atoms with Crippen LogP contribution in [0.3, 0.4) is 0 Å². The molecule has 0 bridgehead atoms. The Bertz CT molecular complexity index is 638. The lowest BCUT2D eigenvalue weighted by atomic mass is 10.1. The number of nitrogens with one attached hydrogen (secondary N) is 1. The van der Waals surface area contributed by atoms with Crippen LogP contribution >= 0.6 is 0 Å². The Balaban J connectivity index is 2.20. The van der Waals surface area contributed by atoms with Gasteiger partial charge in [0, 0.05) is 23.9 Å². The summed E-state index contributed by atoms with van der Waals surface area (Å²) in [7, 11) is 1.88. The van der Waals surface area contributed by atoms with Crippen LogP contribution in [-0.2, 0) is 6.54 Å². The topological polar surface area (TPSA) is 73.0 Å². The first-order chi connectivity index (χ1) is 10.0. The molecule has 7 heteroatoms. The van der Waals surface area contributed by atoms with Crippen molar-refractivity contribution in [1.29, 1.82) is 0 Å². The minimum Gasteiger partial charge on any atom is -0.313 e. The molecule has 0 amide bonds. The lowest BCUT2D eigenvalue weighted by Crippen LogP contribution is -2.14.